The molecule has 136 valence electrons. The highest BCUT2D eigenvalue weighted by Gasteiger charge is 2.25. The van der Waals surface area contributed by atoms with E-state index in [1.807, 2.05) is 0 Å². The predicted molar refractivity (Wildman–Crippen MR) is 98.0 cm³/mol. The van der Waals surface area contributed by atoms with Crippen LogP contribution in [0.15, 0.2) is 29.2 Å². The van der Waals surface area contributed by atoms with Gasteiger partial charge in [0.15, 0.2) is 0 Å². The maximum absolute atomic E-state index is 12.6. The van der Waals surface area contributed by atoms with Crippen molar-refractivity contribution in [3.8, 4) is 5.75 Å². The Morgan fingerprint density at radius 2 is 1.71 bits per heavy atom. The zero-order valence-electron chi connectivity index (χ0n) is 15.0. The average molecular weight is 355 g/mol. The lowest BCUT2D eigenvalue weighted by Gasteiger charge is -2.16. The van der Waals surface area contributed by atoms with Gasteiger partial charge < -0.3 is 9.84 Å². The van der Waals surface area contributed by atoms with E-state index < -0.39 is 22.0 Å². The summed E-state index contributed by atoms with van der Waals surface area (Å²) in [5, 5.41) is 8.54. The molecule has 4 nitrogen and oxygen atoms in total. The fraction of sp³-hybridized carbons (Fsp3) is 0.632. The molecule has 1 N–H and O–H groups in total. The van der Waals surface area contributed by atoms with Gasteiger partial charge in [-0.2, -0.15) is 0 Å². The van der Waals surface area contributed by atoms with Gasteiger partial charge in [-0.1, -0.05) is 46.5 Å². The van der Waals surface area contributed by atoms with Crippen LogP contribution < -0.4 is 4.74 Å². The first kappa shape index (κ1) is 20.7. The van der Waals surface area contributed by atoms with Gasteiger partial charge in [0.1, 0.15) is 11.0 Å². The molecule has 0 aliphatic heterocycles. The lowest BCUT2D eigenvalue weighted by atomic mass is 10.1. The largest absolute Gasteiger partial charge is 0.490 e. The molecule has 0 amide bonds. The van der Waals surface area contributed by atoms with E-state index >= 15 is 0 Å². The van der Waals surface area contributed by atoms with E-state index in [-0.39, 0.29) is 6.10 Å². The molecule has 0 aliphatic carbocycles. The second kappa shape index (κ2) is 11.2. The summed E-state index contributed by atoms with van der Waals surface area (Å²) in [5.41, 5.74) is 0. The van der Waals surface area contributed by atoms with Gasteiger partial charge in [0.2, 0.25) is 0 Å². The van der Waals surface area contributed by atoms with Crippen LogP contribution in [0.5, 0.6) is 5.75 Å². The zero-order chi connectivity index (χ0) is 17.9. The number of aliphatic carboxylic acids is 1. The SMILES string of the molecule is CCCCCCC(C(=O)O)S(=O)c1ccc(OC(CC)CC)cc1. The minimum atomic E-state index is -1.54. The van der Waals surface area contributed by atoms with Crippen molar-refractivity contribution in [3.05, 3.63) is 24.3 Å². The summed E-state index contributed by atoms with van der Waals surface area (Å²) in [6.07, 6.45) is 6.46. The Bertz CT molecular complexity index is 509. The molecule has 2 atom stereocenters. The highest BCUT2D eigenvalue weighted by molar-refractivity contribution is 7.86. The lowest BCUT2D eigenvalue weighted by molar-refractivity contribution is -0.136. The van der Waals surface area contributed by atoms with Gasteiger partial charge >= 0.3 is 5.97 Å². The van der Waals surface area contributed by atoms with Crippen molar-refractivity contribution in [2.45, 2.75) is 82.0 Å². The molecule has 1 aromatic carbocycles. The summed E-state index contributed by atoms with van der Waals surface area (Å²) in [6, 6.07) is 6.99. The Balaban J connectivity index is 2.71. The van der Waals surface area contributed by atoms with Crippen LogP contribution in [0.1, 0.15) is 65.7 Å². The van der Waals surface area contributed by atoms with E-state index in [1.165, 1.54) is 0 Å². The molecule has 0 radical (unpaired) electrons. The number of unbranched alkanes of at least 4 members (excludes halogenated alkanes) is 3. The van der Waals surface area contributed by atoms with Crippen molar-refractivity contribution in [2.75, 3.05) is 0 Å². The Morgan fingerprint density at radius 1 is 1.08 bits per heavy atom. The molecule has 0 heterocycles. The fourth-order valence-corrected chi connectivity index (χ4v) is 3.84. The standard InChI is InChI=1S/C19H30O4S/c1-4-7-8-9-10-18(19(20)21)24(22)17-13-11-16(12-14-17)23-15(5-2)6-3/h11-15,18H,4-10H2,1-3H3,(H,20,21). The lowest BCUT2D eigenvalue weighted by Crippen LogP contribution is -2.25. The van der Waals surface area contributed by atoms with Gasteiger partial charge in [0, 0.05) is 4.90 Å². The highest BCUT2D eigenvalue weighted by atomic mass is 32.2. The van der Waals surface area contributed by atoms with Crippen LogP contribution in [0.25, 0.3) is 0 Å². The van der Waals surface area contributed by atoms with Crippen molar-refractivity contribution < 1.29 is 18.8 Å². The molecule has 0 fully saturated rings. The number of carboxylic acids is 1. The monoisotopic (exact) mass is 354 g/mol. The van der Waals surface area contributed by atoms with Crippen LogP contribution in [0.3, 0.4) is 0 Å². The molecule has 0 bridgehead atoms. The molecule has 0 aliphatic rings. The third-order valence-corrected chi connectivity index (χ3v) is 5.81. The van der Waals surface area contributed by atoms with Crippen LogP contribution in [-0.4, -0.2) is 26.6 Å². The Labute approximate surface area is 148 Å². The first-order chi connectivity index (χ1) is 11.5. The molecular formula is C19H30O4S. The van der Waals surface area contributed by atoms with Gasteiger partial charge in [-0.05, 0) is 43.5 Å². The second-order valence-electron chi connectivity index (χ2n) is 6.00. The molecule has 5 heteroatoms. The first-order valence-corrected chi connectivity index (χ1v) is 10.1. The minimum absolute atomic E-state index is 0.173. The first-order valence-electron chi connectivity index (χ1n) is 8.93. The maximum Gasteiger partial charge on any atom is 0.319 e. The molecule has 1 rings (SSSR count). The smallest absolute Gasteiger partial charge is 0.319 e. The number of carbonyl (C=O) groups is 1. The Kier molecular flexibility index (Phi) is 9.69. The number of carboxylic acid groups (broad SMARTS) is 1. The second-order valence-corrected chi connectivity index (χ2v) is 7.64. The quantitative estimate of drug-likeness (QED) is 0.548. The van der Waals surface area contributed by atoms with Crippen LogP contribution in [0.2, 0.25) is 0 Å². The van der Waals surface area contributed by atoms with Gasteiger partial charge in [-0.3, -0.25) is 9.00 Å². The maximum atomic E-state index is 12.6. The van der Waals surface area contributed by atoms with Gasteiger partial charge in [0.05, 0.1) is 16.9 Å². The summed E-state index contributed by atoms with van der Waals surface area (Å²) in [6.45, 7) is 6.26. The third-order valence-electron chi connectivity index (χ3n) is 4.12. The topological polar surface area (TPSA) is 63.6 Å². The molecule has 0 spiro atoms. The van der Waals surface area contributed by atoms with Crippen molar-refractivity contribution in [2.24, 2.45) is 0 Å². The average Bonchev–Trinajstić information content (AvgIpc) is 2.59. The van der Waals surface area contributed by atoms with Crippen LogP contribution in [0.4, 0.5) is 0 Å². The van der Waals surface area contributed by atoms with Crippen molar-refractivity contribution in [3.63, 3.8) is 0 Å². The van der Waals surface area contributed by atoms with E-state index in [0.29, 0.717) is 11.3 Å². The van der Waals surface area contributed by atoms with Crippen LogP contribution in [-0.2, 0) is 15.6 Å². The summed E-state index contributed by atoms with van der Waals surface area (Å²) in [5.74, 6) is -0.249. The molecule has 1 aromatic rings. The van der Waals surface area contributed by atoms with Gasteiger partial charge in [0.25, 0.3) is 0 Å². The number of hydrogen-bond donors (Lipinski definition) is 1. The van der Waals surface area contributed by atoms with Crippen LogP contribution in [0, 0.1) is 0 Å². The van der Waals surface area contributed by atoms with E-state index in [4.69, 9.17) is 4.74 Å². The molecule has 24 heavy (non-hydrogen) atoms. The fourth-order valence-electron chi connectivity index (χ4n) is 2.54. The minimum Gasteiger partial charge on any atom is -0.490 e. The van der Waals surface area contributed by atoms with Crippen molar-refractivity contribution >= 4 is 16.8 Å². The Morgan fingerprint density at radius 3 is 2.21 bits per heavy atom. The molecule has 0 aromatic heterocycles. The molecular weight excluding hydrogens is 324 g/mol. The summed E-state index contributed by atoms with van der Waals surface area (Å²) < 4.78 is 18.4. The summed E-state index contributed by atoms with van der Waals surface area (Å²) >= 11 is 0. The number of rotatable bonds is 12. The number of hydrogen-bond acceptors (Lipinski definition) is 3. The summed E-state index contributed by atoms with van der Waals surface area (Å²) in [4.78, 5) is 12.0. The predicted octanol–water partition coefficient (Wildman–Crippen LogP) is 4.79. The van der Waals surface area contributed by atoms with Crippen molar-refractivity contribution in [1.29, 1.82) is 0 Å². The highest BCUT2D eigenvalue weighted by Crippen LogP contribution is 2.21. The molecule has 0 saturated heterocycles. The molecule has 0 saturated carbocycles. The third kappa shape index (κ3) is 6.63. The number of ether oxygens (including phenoxy) is 1. The summed E-state index contributed by atoms with van der Waals surface area (Å²) in [7, 11) is -1.54. The van der Waals surface area contributed by atoms with Crippen LogP contribution >= 0.6 is 0 Å². The van der Waals surface area contributed by atoms with E-state index in [2.05, 4.69) is 20.8 Å². The van der Waals surface area contributed by atoms with E-state index in [0.717, 1.165) is 44.3 Å². The Hall–Kier alpha value is -1.36. The van der Waals surface area contributed by atoms with Crippen molar-refractivity contribution in [1.82, 2.24) is 0 Å². The van der Waals surface area contributed by atoms with Gasteiger partial charge in [-0.15, -0.1) is 0 Å². The van der Waals surface area contributed by atoms with Gasteiger partial charge in [-0.25, -0.2) is 0 Å². The normalized spacial score (nSPS) is 13.7. The number of benzene rings is 1. The van der Waals surface area contributed by atoms with E-state index in [1.54, 1.807) is 24.3 Å². The van der Waals surface area contributed by atoms with E-state index in [9.17, 15) is 14.1 Å². The molecule has 2 unspecified atom stereocenters. The zero-order valence-corrected chi connectivity index (χ0v) is 15.8.